The number of oxime groups is 1. The Bertz CT molecular complexity index is 677. The number of thiophene rings is 1. The highest BCUT2D eigenvalue weighted by atomic mass is 32.1. The highest BCUT2D eigenvalue weighted by Gasteiger charge is 2.12. The lowest BCUT2D eigenvalue weighted by atomic mass is 10.1. The maximum atomic E-state index is 12.2. The minimum absolute atomic E-state index is 0.00723. The molecule has 1 amide bonds. The third kappa shape index (κ3) is 2.80. The van der Waals surface area contributed by atoms with E-state index in [0.717, 1.165) is 11.1 Å². The van der Waals surface area contributed by atoms with Gasteiger partial charge in [-0.2, -0.15) is 0 Å². The SMILES string of the molecule is Cc1ccc(C(N)=NO)cc1NC(=O)c1sccc1C. The first-order valence-corrected chi connectivity index (χ1v) is 6.85. The molecule has 1 heterocycles. The minimum atomic E-state index is -0.155. The van der Waals surface area contributed by atoms with Crippen LogP contribution in [0.2, 0.25) is 0 Å². The number of hydrogen-bond donors (Lipinski definition) is 3. The molecule has 20 heavy (non-hydrogen) atoms. The smallest absolute Gasteiger partial charge is 0.266 e. The number of hydrogen-bond acceptors (Lipinski definition) is 4. The zero-order valence-corrected chi connectivity index (χ0v) is 12.0. The van der Waals surface area contributed by atoms with Gasteiger partial charge in [0.2, 0.25) is 0 Å². The average molecular weight is 289 g/mol. The molecule has 0 unspecified atom stereocenters. The molecule has 0 bridgehead atoms. The van der Waals surface area contributed by atoms with Crippen LogP contribution in [-0.2, 0) is 0 Å². The monoisotopic (exact) mass is 289 g/mol. The van der Waals surface area contributed by atoms with Crippen molar-refractivity contribution in [3.63, 3.8) is 0 Å². The quantitative estimate of drug-likeness (QED) is 0.351. The van der Waals surface area contributed by atoms with Gasteiger partial charge in [-0.05, 0) is 42.5 Å². The molecule has 0 saturated heterocycles. The molecule has 0 aliphatic rings. The molecule has 4 N–H and O–H groups in total. The molecule has 0 atom stereocenters. The summed E-state index contributed by atoms with van der Waals surface area (Å²) in [5, 5.41) is 16.4. The van der Waals surface area contributed by atoms with E-state index in [2.05, 4.69) is 10.5 Å². The van der Waals surface area contributed by atoms with Crippen LogP contribution >= 0.6 is 11.3 Å². The third-order valence-electron chi connectivity index (χ3n) is 2.96. The first-order valence-electron chi connectivity index (χ1n) is 5.97. The van der Waals surface area contributed by atoms with E-state index in [-0.39, 0.29) is 11.7 Å². The van der Waals surface area contributed by atoms with Gasteiger partial charge in [0.05, 0.1) is 4.88 Å². The van der Waals surface area contributed by atoms with E-state index in [0.29, 0.717) is 16.1 Å². The summed E-state index contributed by atoms with van der Waals surface area (Å²) in [7, 11) is 0. The molecule has 104 valence electrons. The van der Waals surface area contributed by atoms with Gasteiger partial charge in [0.25, 0.3) is 5.91 Å². The normalized spacial score (nSPS) is 11.4. The van der Waals surface area contributed by atoms with Gasteiger partial charge < -0.3 is 16.3 Å². The predicted molar refractivity (Wildman–Crippen MR) is 80.7 cm³/mol. The number of benzene rings is 1. The van der Waals surface area contributed by atoms with Crippen molar-refractivity contribution in [2.75, 3.05) is 5.32 Å². The van der Waals surface area contributed by atoms with E-state index >= 15 is 0 Å². The third-order valence-corrected chi connectivity index (χ3v) is 3.97. The second-order valence-electron chi connectivity index (χ2n) is 4.40. The lowest BCUT2D eigenvalue weighted by Gasteiger charge is -2.10. The number of carbonyl (C=O) groups excluding carboxylic acids is 1. The molecule has 0 radical (unpaired) electrons. The summed E-state index contributed by atoms with van der Waals surface area (Å²) < 4.78 is 0. The van der Waals surface area contributed by atoms with E-state index in [1.54, 1.807) is 12.1 Å². The van der Waals surface area contributed by atoms with Gasteiger partial charge in [-0.15, -0.1) is 11.3 Å². The van der Waals surface area contributed by atoms with Crippen LogP contribution in [0.15, 0.2) is 34.8 Å². The van der Waals surface area contributed by atoms with E-state index in [1.807, 2.05) is 31.4 Å². The number of nitrogens with zero attached hydrogens (tertiary/aromatic N) is 1. The number of amidine groups is 1. The second kappa shape index (κ2) is 5.75. The molecular formula is C14H15N3O2S. The molecule has 6 heteroatoms. The summed E-state index contributed by atoms with van der Waals surface area (Å²) in [6.45, 7) is 3.78. The van der Waals surface area contributed by atoms with Gasteiger partial charge in [-0.25, -0.2) is 0 Å². The van der Waals surface area contributed by atoms with Gasteiger partial charge in [0.15, 0.2) is 5.84 Å². The van der Waals surface area contributed by atoms with Crippen LogP contribution in [0.5, 0.6) is 0 Å². The van der Waals surface area contributed by atoms with Crippen molar-refractivity contribution in [2.45, 2.75) is 13.8 Å². The van der Waals surface area contributed by atoms with Gasteiger partial charge in [0.1, 0.15) is 0 Å². The summed E-state index contributed by atoms with van der Waals surface area (Å²) >= 11 is 1.40. The Morgan fingerprint density at radius 3 is 2.65 bits per heavy atom. The first-order chi connectivity index (χ1) is 9.52. The standard InChI is InChI=1S/C14H15N3O2S/c1-8-3-4-10(13(15)17-19)7-11(8)16-14(18)12-9(2)5-6-20-12/h3-7,19H,1-2H3,(H2,15,17)(H,16,18). The summed E-state index contributed by atoms with van der Waals surface area (Å²) in [6.07, 6.45) is 0. The Morgan fingerprint density at radius 2 is 2.05 bits per heavy atom. The Morgan fingerprint density at radius 1 is 1.30 bits per heavy atom. The van der Waals surface area contributed by atoms with E-state index in [1.165, 1.54) is 11.3 Å². The maximum Gasteiger partial charge on any atom is 0.266 e. The van der Waals surface area contributed by atoms with Crippen molar-refractivity contribution < 1.29 is 10.0 Å². The van der Waals surface area contributed by atoms with Crippen molar-refractivity contribution in [3.05, 3.63) is 51.2 Å². The highest BCUT2D eigenvalue weighted by Crippen LogP contribution is 2.21. The molecule has 2 aromatic rings. The molecule has 0 aliphatic carbocycles. The number of nitrogens with two attached hydrogens (primary N) is 1. The van der Waals surface area contributed by atoms with Gasteiger partial charge in [0, 0.05) is 11.3 Å². The predicted octanol–water partition coefficient (Wildman–Crippen LogP) is 2.71. The Labute approximate surface area is 120 Å². The molecule has 0 aliphatic heterocycles. The Balaban J connectivity index is 2.29. The van der Waals surface area contributed by atoms with Crippen LogP contribution in [0.3, 0.4) is 0 Å². The van der Waals surface area contributed by atoms with E-state index in [4.69, 9.17) is 10.9 Å². The number of carbonyl (C=O) groups is 1. The molecule has 2 rings (SSSR count). The Kier molecular flexibility index (Phi) is 4.05. The van der Waals surface area contributed by atoms with Crippen LogP contribution in [0.1, 0.15) is 26.4 Å². The summed E-state index contributed by atoms with van der Waals surface area (Å²) in [5.41, 5.74) is 8.60. The lowest BCUT2D eigenvalue weighted by Crippen LogP contribution is -2.16. The van der Waals surface area contributed by atoms with Crippen molar-refractivity contribution in [1.82, 2.24) is 0 Å². The van der Waals surface area contributed by atoms with Gasteiger partial charge in [-0.1, -0.05) is 17.3 Å². The van der Waals surface area contributed by atoms with E-state index < -0.39 is 0 Å². The Hall–Kier alpha value is -2.34. The van der Waals surface area contributed by atoms with Crippen LogP contribution in [-0.4, -0.2) is 17.0 Å². The van der Waals surface area contributed by atoms with Gasteiger partial charge in [-0.3, -0.25) is 4.79 Å². The molecule has 5 nitrogen and oxygen atoms in total. The second-order valence-corrected chi connectivity index (χ2v) is 5.32. The largest absolute Gasteiger partial charge is 0.409 e. The fraction of sp³-hybridized carbons (Fsp3) is 0.143. The number of anilines is 1. The highest BCUT2D eigenvalue weighted by molar-refractivity contribution is 7.12. The zero-order valence-electron chi connectivity index (χ0n) is 11.2. The summed E-state index contributed by atoms with van der Waals surface area (Å²) in [5.74, 6) is -0.148. The van der Waals surface area contributed by atoms with Crippen LogP contribution in [0.25, 0.3) is 0 Å². The van der Waals surface area contributed by atoms with Crippen molar-refractivity contribution in [1.29, 1.82) is 0 Å². The number of amides is 1. The molecule has 1 aromatic carbocycles. The molecule has 1 aromatic heterocycles. The molecule has 0 spiro atoms. The molecule has 0 fully saturated rings. The van der Waals surface area contributed by atoms with Crippen LogP contribution in [0.4, 0.5) is 5.69 Å². The number of aryl methyl sites for hydroxylation is 2. The van der Waals surface area contributed by atoms with E-state index in [9.17, 15) is 4.79 Å². The molecular weight excluding hydrogens is 274 g/mol. The first kappa shape index (κ1) is 14.1. The average Bonchev–Trinajstić information content (AvgIpc) is 2.86. The summed E-state index contributed by atoms with van der Waals surface area (Å²) in [4.78, 5) is 12.9. The number of rotatable bonds is 3. The fourth-order valence-electron chi connectivity index (χ4n) is 1.76. The topological polar surface area (TPSA) is 87.7 Å². The fourth-order valence-corrected chi connectivity index (χ4v) is 2.58. The van der Waals surface area contributed by atoms with Crippen LogP contribution in [0, 0.1) is 13.8 Å². The lowest BCUT2D eigenvalue weighted by molar-refractivity contribution is 0.103. The van der Waals surface area contributed by atoms with Crippen molar-refractivity contribution in [3.8, 4) is 0 Å². The molecule has 0 saturated carbocycles. The minimum Gasteiger partial charge on any atom is -0.409 e. The maximum absolute atomic E-state index is 12.2. The van der Waals surface area contributed by atoms with Crippen LogP contribution < -0.4 is 11.1 Å². The van der Waals surface area contributed by atoms with Crippen molar-refractivity contribution in [2.24, 2.45) is 10.9 Å². The number of nitrogens with one attached hydrogen (secondary N) is 1. The summed E-state index contributed by atoms with van der Waals surface area (Å²) in [6, 6.07) is 7.13. The van der Waals surface area contributed by atoms with Crippen molar-refractivity contribution >= 4 is 28.8 Å². The van der Waals surface area contributed by atoms with Gasteiger partial charge >= 0.3 is 0 Å². The zero-order chi connectivity index (χ0) is 14.7.